The second-order valence-electron chi connectivity index (χ2n) is 6.58. The molecule has 1 aliphatic rings. The molecule has 0 spiro atoms. The van der Waals surface area contributed by atoms with Crippen molar-refractivity contribution in [3.63, 3.8) is 0 Å². The van der Waals surface area contributed by atoms with Crippen LogP contribution >= 0.6 is 0 Å². The van der Waals surface area contributed by atoms with Gasteiger partial charge in [-0.25, -0.2) is 4.98 Å². The van der Waals surface area contributed by atoms with Crippen molar-refractivity contribution in [2.24, 2.45) is 0 Å². The molecule has 0 bridgehead atoms. The number of rotatable bonds is 3. The third-order valence-corrected chi connectivity index (χ3v) is 4.99. The molecule has 4 heteroatoms. The van der Waals surface area contributed by atoms with Gasteiger partial charge in [-0.3, -0.25) is 0 Å². The van der Waals surface area contributed by atoms with Crippen molar-refractivity contribution in [2.45, 2.75) is 31.3 Å². The van der Waals surface area contributed by atoms with Gasteiger partial charge in [-0.15, -0.1) is 0 Å². The predicted molar refractivity (Wildman–Crippen MR) is 92.8 cm³/mol. The molecule has 1 heterocycles. The summed E-state index contributed by atoms with van der Waals surface area (Å²) in [5.74, 6) is 0.959. The van der Waals surface area contributed by atoms with E-state index in [1.807, 2.05) is 7.05 Å². The van der Waals surface area contributed by atoms with E-state index >= 15 is 0 Å². The van der Waals surface area contributed by atoms with E-state index in [0.717, 1.165) is 22.5 Å². The summed E-state index contributed by atoms with van der Waals surface area (Å²) in [4.78, 5) is 8.31. The van der Waals surface area contributed by atoms with E-state index in [1.165, 1.54) is 11.1 Å². The average molecular weight is 307 g/mol. The van der Waals surface area contributed by atoms with Gasteiger partial charge < -0.3 is 15.4 Å². The average Bonchev–Trinajstić information content (AvgIpc) is 2.95. The van der Waals surface area contributed by atoms with Gasteiger partial charge in [0, 0.05) is 12.7 Å². The maximum atomic E-state index is 9.97. The fourth-order valence-corrected chi connectivity index (χ4v) is 3.62. The SMILES string of the molecule is CNc1ccc(C2(c3nc4ccc(C)cc4[nH]3)CC(O)C2)cc1. The van der Waals surface area contributed by atoms with Crippen LogP contribution in [0.5, 0.6) is 0 Å². The van der Waals surface area contributed by atoms with E-state index in [-0.39, 0.29) is 11.5 Å². The van der Waals surface area contributed by atoms with Crippen LogP contribution < -0.4 is 5.32 Å². The first-order chi connectivity index (χ1) is 11.1. The second kappa shape index (κ2) is 5.10. The molecule has 118 valence electrons. The number of nitrogens with zero attached hydrogens (tertiary/aromatic N) is 1. The number of imidazole rings is 1. The maximum absolute atomic E-state index is 9.97. The summed E-state index contributed by atoms with van der Waals surface area (Å²) in [5.41, 5.74) is 5.35. The van der Waals surface area contributed by atoms with E-state index in [0.29, 0.717) is 12.8 Å². The molecule has 0 amide bonds. The van der Waals surface area contributed by atoms with Crippen LogP contribution in [0.25, 0.3) is 11.0 Å². The molecule has 4 rings (SSSR count). The molecule has 23 heavy (non-hydrogen) atoms. The highest BCUT2D eigenvalue weighted by Gasteiger charge is 2.48. The molecule has 4 nitrogen and oxygen atoms in total. The number of anilines is 1. The lowest BCUT2D eigenvalue weighted by Crippen LogP contribution is -2.46. The Balaban J connectivity index is 1.81. The molecular weight excluding hydrogens is 286 g/mol. The fraction of sp³-hybridized carbons (Fsp3) is 0.316. The van der Waals surface area contributed by atoms with Crippen molar-refractivity contribution in [1.29, 1.82) is 0 Å². The molecule has 0 unspecified atom stereocenters. The Kier molecular flexibility index (Phi) is 3.16. The van der Waals surface area contributed by atoms with Crippen molar-refractivity contribution < 1.29 is 5.11 Å². The zero-order valence-corrected chi connectivity index (χ0v) is 13.4. The van der Waals surface area contributed by atoms with Crippen LogP contribution in [0.4, 0.5) is 5.69 Å². The molecule has 1 fully saturated rings. The summed E-state index contributed by atoms with van der Waals surface area (Å²) in [6.07, 6.45) is 1.17. The van der Waals surface area contributed by atoms with E-state index in [2.05, 4.69) is 59.7 Å². The van der Waals surface area contributed by atoms with Gasteiger partial charge in [0.15, 0.2) is 0 Å². The molecule has 0 saturated heterocycles. The summed E-state index contributed by atoms with van der Waals surface area (Å²) in [5, 5.41) is 13.1. The highest BCUT2D eigenvalue weighted by molar-refractivity contribution is 5.76. The summed E-state index contributed by atoms with van der Waals surface area (Å²) in [7, 11) is 1.92. The second-order valence-corrected chi connectivity index (χ2v) is 6.58. The lowest BCUT2D eigenvalue weighted by Gasteiger charge is -2.44. The zero-order chi connectivity index (χ0) is 16.0. The Morgan fingerprint density at radius 1 is 1.17 bits per heavy atom. The highest BCUT2D eigenvalue weighted by atomic mass is 16.3. The molecule has 1 aromatic heterocycles. The molecule has 2 aromatic carbocycles. The lowest BCUT2D eigenvalue weighted by atomic mass is 9.62. The monoisotopic (exact) mass is 307 g/mol. The zero-order valence-electron chi connectivity index (χ0n) is 13.4. The number of H-pyrrole nitrogens is 1. The third kappa shape index (κ3) is 2.21. The Morgan fingerprint density at radius 2 is 1.91 bits per heavy atom. The number of aliphatic hydroxyl groups is 1. The van der Waals surface area contributed by atoms with Crippen LogP contribution in [0.2, 0.25) is 0 Å². The molecule has 1 saturated carbocycles. The number of hydrogen-bond donors (Lipinski definition) is 3. The smallest absolute Gasteiger partial charge is 0.118 e. The van der Waals surface area contributed by atoms with E-state index < -0.39 is 0 Å². The Bertz CT molecular complexity index is 845. The van der Waals surface area contributed by atoms with Crippen LogP contribution in [-0.4, -0.2) is 28.2 Å². The minimum Gasteiger partial charge on any atom is -0.393 e. The summed E-state index contributed by atoms with van der Waals surface area (Å²) < 4.78 is 0. The maximum Gasteiger partial charge on any atom is 0.118 e. The topological polar surface area (TPSA) is 60.9 Å². The first kappa shape index (κ1) is 14.3. The molecular formula is C19H21N3O. The van der Waals surface area contributed by atoms with Crippen LogP contribution in [-0.2, 0) is 5.41 Å². The van der Waals surface area contributed by atoms with Crippen molar-refractivity contribution in [3.8, 4) is 0 Å². The largest absolute Gasteiger partial charge is 0.393 e. The number of hydrogen-bond acceptors (Lipinski definition) is 3. The van der Waals surface area contributed by atoms with E-state index in [9.17, 15) is 5.11 Å². The van der Waals surface area contributed by atoms with Crippen LogP contribution in [0.1, 0.15) is 29.8 Å². The Morgan fingerprint density at radius 3 is 2.57 bits per heavy atom. The first-order valence-electron chi connectivity index (χ1n) is 8.04. The van der Waals surface area contributed by atoms with Crippen molar-refractivity contribution in [2.75, 3.05) is 12.4 Å². The molecule has 0 atom stereocenters. The normalized spacial score (nSPS) is 23.7. The standard InChI is InChI=1S/C19H21N3O/c1-12-3-8-16-17(9-12)22-18(21-16)19(10-15(23)11-19)13-4-6-14(20-2)7-5-13/h3-9,15,20,23H,10-11H2,1-2H3,(H,21,22). The highest BCUT2D eigenvalue weighted by Crippen LogP contribution is 2.48. The fourth-order valence-electron chi connectivity index (χ4n) is 3.62. The molecule has 3 aromatic rings. The lowest BCUT2D eigenvalue weighted by molar-refractivity contribution is 0.0341. The van der Waals surface area contributed by atoms with Gasteiger partial charge in [-0.2, -0.15) is 0 Å². The minimum atomic E-state index is -0.256. The number of benzene rings is 2. The molecule has 0 radical (unpaired) electrons. The number of aromatic amines is 1. The molecule has 3 N–H and O–H groups in total. The number of fused-ring (bicyclic) bond motifs is 1. The van der Waals surface area contributed by atoms with E-state index in [4.69, 9.17) is 4.98 Å². The van der Waals surface area contributed by atoms with Gasteiger partial charge in [0.2, 0.25) is 0 Å². The van der Waals surface area contributed by atoms with Crippen LogP contribution in [0.15, 0.2) is 42.5 Å². The minimum absolute atomic E-state index is 0.210. The van der Waals surface area contributed by atoms with Crippen molar-refractivity contribution >= 4 is 16.7 Å². The van der Waals surface area contributed by atoms with Crippen molar-refractivity contribution in [3.05, 3.63) is 59.4 Å². The van der Waals surface area contributed by atoms with Gasteiger partial charge >= 0.3 is 0 Å². The number of aryl methyl sites for hydroxylation is 1. The quantitative estimate of drug-likeness (QED) is 0.695. The summed E-state index contributed by atoms with van der Waals surface area (Å²) in [6, 6.07) is 14.7. The number of aromatic nitrogens is 2. The van der Waals surface area contributed by atoms with Gasteiger partial charge in [0.05, 0.1) is 22.6 Å². The Labute approximate surface area is 135 Å². The number of aliphatic hydroxyl groups excluding tert-OH is 1. The summed E-state index contributed by atoms with van der Waals surface area (Å²) >= 11 is 0. The van der Waals surface area contributed by atoms with Gasteiger partial charge in [-0.05, 0) is 55.2 Å². The van der Waals surface area contributed by atoms with Gasteiger partial charge in [-0.1, -0.05) is 18.2 Å². The molecule has 0 aliphatic heterocycles. The van der Waals surface area contributed by atoms with Crippen LogP contribution in [0.3, 0.4) is 0 Å². The Hall–Kier alpha value is -2.33. The first-order valence-corrected chi connectivity index (χ1v) is 8.04. The van der Waals surface area contributed by atoms with Gasteiger partial charge in [0.25, 0.3) is 0 Å². The predicted octanol–water partition coefficient (Wildman–Crippen LogP) is 3.35. The molecule has 1 aliphatic carbocycles. The van der Waals surface area contributed by atoms with Crippen molar-refractivity contribution in [1.82, 2.24) is 9.97 Å². The van der Waals surface area contributed by atoms with Crippen LogP contribution in [0, 0.1) is 6.92 Å². The summed E-state index contributed by atoms with van der Waals surface area (Å²) in [6.45, 7) is 2.08. The number of nitrogens with one attached hydrogen (secondary N) is 2. The van der Waals surface area contributed by atoms with Gasteiger partial charge in [0.1, 0.15) is 5.82 Å². The third-order valence-electron chi connectivity index (χ3n) is 4.99. The van der Waals surface area contributed by atoms with E-state index in [1.54, 1.807) is 0 Å².